The van der Waals surface area contributed by atoms with Gasteiger partial charge < -0.3 is 5.11 Å². The average molecular weight is 207 g/mol. The van der Waals surface area contributed by atoms with Crippen LogP contribution in [0.2, 0.25) is 0 Å². The minimum Gasteiger partial charge on any atom is -0.480 e. The van der Waals surface area contributed by atoms with Crippen molar-refractivity contribution in [3.05, 3.63) is 0 Å². The third-order valence-electron chi connectivity index (χ3n) is 2.16. The summed E-state index contributed by atoms with van der Waals surface area (Å²) in [6.07, 6.45) is 1.02. The third kappa shape index (κ3) is 3.73. The highest BCUT2D eigenvalue weighted by Crippen LogP contribution is 2.36. The van der Waals surface area contributed by atoms with Crippen molar-refractivity contribution in [2.45, 2.75) is 13.3 Å². The third-order valence-corrected chi connectivity index (χ3v) is 3.39. The van der Waals surface area contributed by atoms with E-state index in [-0.39, 0.29) is 0 Å². The van der Waals surface area contributed by atoms with Gasteiger partial charge in [0.15, 0.2) is 5.75 Å². The molecule has 0 amide bonds. The first-order chi connectivity index (χ1) is 5.91. The predicted octanol–water partition coefficient (Wildman–Crippen LogP) is -0.354. The van der Waals surface area contributed by atoms with E-state index in [1.165, 1.54) is 0 Å². The van der Waals surface area contributed by atoms with Crippen LogP contribution in [-0.2, 0) is 14.8 Å². The van der Waals surface area contributed by atoms with Crippen LogP contribution in [0.3, 0.4) is 0 Å². The van der Waals surface area contributed by atoms with Gasteiger partial charge in [-0.25, -0.2) is 13.1 Å². The molecule has 0 spiro atoms. The number of carboxylic acids is 1. The van der Waals surface area contributed by atoms with Gasteiger partial charge in [-0.2, -0.15) is 0 Å². The number of carboxylic acid groups (broad SMARTS) is 1. The maximum atomic E-state index is 11.0. The van der Waals surface area contributed by atoms with E-state index >= 15 is 0 Å². The molecule has 1 rings (SSSR count). The van der Waals surface area contributed by atoms with Crippen molar-refractivity contribution in [1.82, 2.24) is 4.72 Å². The van der Waals surface area contributed by atoms with Crippen LogP contribution in [0, 0.1) is 11.8 Å². The Kier molecular flexibility index (Phi) is 2.92. The van der Waals surface area contributed by atoms with Crippen LogP contribution in [0.1, 0.15) is 13.3 Å². The number of aliphatic carboxylic acids is 1. The molecule has 0 heterocycles. The molecule has 0 aromatic rings. The van der Waals surface area contributed by atoms with Crippen LogP contribution >= 0.6 is 0 Å². The maximum Gasteiger partial charge on any atom is 0.320 e. The molecule has 1 saturated carbocycles. The quantitative estimate of drug-likeness (QED) is 0.645. The molecule has 13 heavy (non-hydrogen) atoms. The highest BCUT2D eigenvalue weighted by molar-refractivity contribution is 7.90. The Balaban J connectivity index is 2.30. The smallest absolute Gasteiger partial charge is 0.320 e. The lowest BCUT2D eigenvalue weighted by Gasteiger charge is -2.02. The van der Waals surface area contributed by atoms with Crippen molar-refractivity contribution < 1.29 is 18.3 Å². The summed E-state index contributed by atoms with van der Waals surface area (Å²) in [5.74, 6) is -1.21. The van der Waals surface area contributed by atoms with E-state index in [1.54, 1.807) is 0 Å². The zero-order valence-corrected chi connectivity index (χ0v) is 8.17. The van der Waals surface area contributed by atoms with Crippen molar-refractivity contribution in [2.75, 3.05) is 12.3 Å². The molecule has 0 radical (unpaired) electrons. The summed E-state index contributed by atoms with van der Waals surface area (Å²) in [4.78, 5) is 10.1. The normalized spacial score (nSPS) is 27.2. The highest BCUT2D eigenvalue weighted by atomic mass is 32.2. The first kappa shape index (κ1) is 10.5. The fourth-order valence-corrected chi connectivity index (χ4v) is 2.03. The van der Waals surface area contributed by atoms with Gasteiger partial charge in [0.25, 0.3) is 0 Å². The van der Waals surface area contributed by atoms with Crippen LogP contribution in [0.25, 0.3) is 0 Å². The molecule has 2 N–H and O–H groups in total. The average Bonchev–Trinajstić information content (AvgIpc) is 2.60. The molecular formula is C7H13NO4S. The van der Waals surface area contributed by atoms with Crippen molar-refractivity contribution in [3.63, 3.8) is 0 Å². The Hall–Kier alpha value is -0.620. The number of sulfonamides is 1. The van der Waals surface area contributed by atoms with Gasteiger partial charge >= 0.3 is 5.97 Å². The summed E-state index contributed by atoms with van der Waals surface area (Å²) in [6, 6.07) is 0. The van der Waals surface area contributed by atoms with Gasteiger partial charge in [0.1, 0.15) is 0 Å². The molecule has 0 aromatic carbocycles. The molecule has 0 saturated heterocycles. The fraction of sp³-hybridized carbons (Fsp3) is 0.857. The van der Waals surface area contributed by atoms with E-state index < -0.39 is 21.7 Å². The Labute approximate surface area is 77.2 Å². The number of hydrogen-bond acceptors (Lipinski definition) is 3. The van der Waals surface area contributed by atoms with Gasteiger partial charge in [-0.1, -0.05) is 6.92 Å². The van der Waals surface area contributed by atoms with Gasteiger partial charge in [-0.05, 0) is 18.3 Å². The van der Waals surface area contributed by atoms with Gasteiger partial charge in [0.2, 0.25) is 10.0 Å². The van der Waals surface area contributed by atoms with Gasteiger partial charge in [0, 0.05) is 6.54 Å². The summed E-state index contributed by atoms with van der Waals surface area (Å²) in [6.45, 7) is 2.41. The van der Waals surface area contributed by atoms with Crippen LogP contribution in [0.5, 0.6) is 0 Å². The highest BCUT2D eigenvalue weighted by Gasteiger charge is 2.33. The van der Waals surface area contributed by atoms with E-state index in [4.69, 9.17) is 5.11 Å². The van der Waals surface area contributed by atoms with Gasteiger partial charge in [-0.15, -0.1) is 0 Å². The monoisotopic (exact) mass is 207 g/mol. The zero-order chi connectivity index (χ0) is 10.1. The summed E-state index contributed by atoms with van der Waals surface area (Å²) < 4.78 is 24.2. The van der Waals surface area contributed by atoms with E-state index in [1.807, 2.05) is 6.92 Å². The minimum absolute atomic E-state index is 0.372. The zero-order valence-electron chi connectivity index (χ0n) is 7.36. The molecule has 5 nitrogen and oxygen atoms in total. The SMILES string of the molecule is CC1CC1CNS(=O)(=O)CC(=O)O. The summed E-state index contributed by atoms with van der Waals surface area (Å²) in [5.41, 5.74) is 0. The minimum atomic E-state index is -3.61. The molecule has 0 aliphatic heterocycles. The van der Waals surface area contributed by atoms with E-state index in [2.05, 4.69) is 4.72 Å². The summed E-state index contributed by atoms with van der Waals surface area (Å²) in [7, 11) is -3.61. The van der Waals surface area contributed by atoms with E-state index in [0.717, 1.165) is 6.42 Å². The van der Waals surface area contributed by atoms with Crippen LogP contribution in [-0.4, -0.2) is 31.8 Å². The second-order valence-electron chi connectivity index (χ2n) is 3.47. The molecular weight excluding hydrogens is 194 g/mol. The molecule has 2 atom stereocenters. The topological polar surface area (TPSA) is 83.5 Å². The standard InChI is InChI=1S/C7H13NO4S/c1-5-2-6(5)3-8-13(11,12)4-7(9)10/h5-6,8H,2-4H2,1H3,(H,9,10). The largest absolute Gasteiger partial charge is 0.480 e. The molecule has 2 unspecified atom stereocenters. The van der Waals surface area contributed by atoms with Crippen molar-refractivity contribution in [3.8, 4) is 0 Å². The van der Waals surface area contributed by atoms with Crippen LogP contribution < -0.4 is 4.72 Å². The van der Waals surface area contributed by atoms with Gasteiger partial charge in [-0.3, -0.25) is 4.79 Å². The van der Waals surface area contributed by atoms with Gasteiger partial charge in [0.05, 0.1) is 0 Å². The first-order valence-corrected chi connectivity index (χ1v) is 5.75. The van der Waals surface area contributed by atoms with E-state index in [9.17, 15) is 13.2 Å². The Morgan fingerprint density at radius 2 is 2.15 bits per heavy atom. The van der Waals surface area contributed by atoms with Crippen LogP contribution in [0.15, 0.2) is 0 Å². The molecule has 76 valence electrons. The number of carbonyl (C=O) groups is 1. The maximum absolute atomic E-state index is 11.0. The fourth-order valence-electron chi connectivity index (χ4n) is 1.13. The van der Waals surface area contributed by atoms with Crippen molar-refractivity contribution in [2.24, 2.45) is 11.8 Å². The van der Waals surface area contributed by atoms with Crippen molar-refractivity contribution >= 4 is 16.0 Å². The Bertz CT molecular complexity index is 298. The summed E-state index contributed by atoms with van der Waals surface area (Å²) >= 11 is 0. The predicted molar refractivity (Wildman–Crippen MR) is 46.7 cm³/mol. The summed E-state index contributed by atoms with van der Waals surface area (Å²) in [5, 5.41) is 8.26. The number of hydrogen-bond donors (Lipinski definition) is 2. The number of rotatable bonds is 5. The second-order valence-corrected chi connectivity index (χ2v) is 5.28. The Morgan fingerprint density at radius 1 is 1.62 bits per heavy atom. The molecule has 1 aliphatic carbocycles. The first-order valence-electron chi connectivity index (χ1n) is 4.10. The lowest BCUT2D eigenvalue weighted by Crippen LogP contribution is -2.31. The lowest BCUT2D eigenvalue weighted by atomic mass is 10.3. The second kappa shape index (κ2) is 3.63. The lowest BCUT2D eigenvalue weighted by molar-refractivity contribution is -0.134. The van der Waals surface area contributed by atoms with E-state index in [0.29, 0.717) is 18.4 Å². The molecule has 6 heteroatoms. The van der Waals surface area contributed by atoms with Crippen molar-refractivity contribution in [1.29, 1.82) is 0 Å². The molecule has 0 aromatic heterocycles. The molecule has 1 fully saturated rings. The Morgan fingerprint density at radius 3 is 2.54 bits per heavy atom. The molecule has 1 aliphatic rings. The molecule has 0 bridgehead atoms. The van der Waals surface area contributed by atoms with Crippen LogP contribution in [0.4, 0.5) is 0 Å². The number of nitrogens with one attached hydrogen (secondary N) is 1.